The highest BCUT2D eigenvalue weighted by molar-refractivity contribution is 5.94. The molecule has 0 unspecified atom stereocenters. The number of anilines is 1. The van der Waals surface area contributed by atoms with E-state index < -0.39 is 0 Å². The summed E-state index contributed by atoms with van der Waals surface area (Å²) in [6.45, 7) is 6.75. The van der Waals surface area contributed by atoms with Gasteiger partial charge in [-0.05, 0) is 42.7 Å². The highest BCUT2D eigenvalue weighted by atomic mass is 35.5. The zero-order chi connectivity index (χ0) is 16.8. The molecule has 0 atom stereocenters. The second kappa shape index (κ2) is 9.44. The van der Waals surface area contributed by atoms with Crippen molar-refractivity contribution in [2.24, 2.45) is 0 Å². The third kappa shape index (κ3) is 4.97. The molecule has 1 amide bonds. The molecule has 0 saturated carbocycles. The smallest absolute Gasteiger partial charge is 0.251 e. The van der Waals surface area contributed by atoms with Crippen LogP contribution in [0.15, 0.2) is 48.5 Å². The first-order valence-corrected chi connectivity index (χ1v) is 8.68. The lowest BCUT2D eigenvalue weighted by Crippen LogP contribution is -2.43. The van der Waals surface area contributed by atoms with Gasteiger partial charge in [-0.2, -0.15) is 0 Å². The van der Waals surface area contributed by atoms with E-state index in [-0.39, 0.29) is 18.3 Å². The summed E-state index contributed by atoms with van der Waals surface area (Å²) in [4.78, 5) is 14.3. The fourth-order valence-corrected chi connectivity index (χ4v) is 3.13. The van der Waals surface area contributed by atoms with Crippen molar-refractivity contribution in [2.75, 3.05) is 37.6 Å². The van der Waals surface area contributed by atoms with Crippen molar-refractivity contribution in [3.63, 3.8) is 0 Å². The summed E-state index contributed by atoms with van der Waals surface area (Å²) in [5.74, 6) is -0.00901. The molecule has 0 radical (unpaired) electrons. The quantitative estimate of drug-likeness (QED) is 0.862. The number of rotatable bonds is 5. The van der Waals surface area contributed by atoms with E-state index in [0.29, 0.717) is 6.54 Å². The van der Waals surface area contributed by atoms with E-state index >= 15 is 0 Å². The van der Waals surface area contributed by atoms with E-state index in [4.69, 9.17) is 0 Å². The van der Waals surface area contributed by atoms with E-state index in [9.17, 15) is 4.79 Å². The number of amides is 1. The molecule has 0 bridgehead atoms. The number of carbonyl (C=O) groups is 1. The van der Waals surface area contributed by atoms with Crippen LogP contribution in [0, 0.1) is 0 Å². The number of carbonyl (C=O) groups excluding carboxylic acids is 1. The average Bonchev–Trinajstić information content (AvgIpc) is 2.64. The Labute approximate surface area is 156 Å². The normalized spacial score (nSPS) is 13.9. The SMILES string of the molecule is CCNC(=O)c1ccc(Cc2ccccc2N2CCNCC2)cc1.Cl. The first kappa shape index (κ1) is 19.3. The molecule has 4 nitrogen and oxygen atoms in total. The van der Waals surface area contributed by atoms with Gasteiger partial charge in [0.1, 0.15) is 0 Å². The van der Waals surface area contributed by atoms with Crippen LogP contribution in [0.1, 0.15) is 28.4 Å². The van der Waals surface area contributed by atoms with Gasteiger partial charge >= 0.3 is 0 Å². The van der Waals surface area contributed by atoms with Crippen LogP contribution in [-0.4, -0.2) is 38.6 Å². The van der Waals surface area contributed by atoms with Crippen LogP contribution in [0.4, 0.5) is 5.69 Å². The fourth-order valence-electron chi connectivity index (χ4n) is 3.13. The maximum absolute atomic E-state index is 11.9. The second-order valence-electron chi connectivity index (χ2n) is 6.10. The second-order valence-corrected chi connectivity index (χ2v) is 6.10. The standard InChI is InChI=1S/C20H25N3O.ClH/c1-2-22-20(24)17-9-7-16(8-10-17)15-18-5-3-4-6-19(18)23-13-11-21-12-14-23;/h3-10,21H,2,11-15H2,1H3,(H,22,24);1H. The maximum atomic E-state index is 11.9. The number of hydrogen-bond donors (Lipinski definition) is 2. The highest BCUT2D eigenvalue weighted by Gasteiger charge is 2.14. The van der Waals surface area contributed by atoms with Crippen molar-refractivity contribution >= 4 is 24.0 Å². The molecule has 0 aliphatic carbocycles. The average molecular weight is 360 g/mol. The summed E-state index contributed by atoms with van der Waals surface area (Å²) in [5, 5.41) is 6.23. The van der Waals surface area contributed by atoms with Crippen molar-refractivity contribution < 1.29 is 4.79 Å². The first-order chi connectivity index (χ1) is 11.8. The zero-order valence-electron chi connectivity index (χ0n) is 14.6. The lowest BCUT2D eigenvalue weighted by atomic mass is 10.0. The molecule has 1 heterocycles. The molecular weight excluding hydrogens is 334 g/mol. The molecule has 2 aromatic carbocycles. The maximum Gasteiger partial charge on any atom is 0.251 e. The Bertz CT molecular complexity index is 682. The van der Waals surface area contributed by atoms with Gasteiger partial charge in [0.05, 0.1) is 0 Å². The molecule has 1 fully saturated rings. The van der Waals surface area contributed by atoms with Crippen LogP contribution in [-0.2, 0) is 6.42 Å². The Morgan fingerprint density at radius 1 is 1.08 bits per heavy atom. The molecule has 134 valence electrons. The van der Waals surface area contributed by atoms with E-state index in [0.717, 1.165) is 38.2 Å². The minimum absolute atomic E-state index is 0. The van der Waals surface area contributed by atoms with Crippen LogP contribution < -0.4 is 15.5 Å². The van der Waals surface area contributed by atoms with Gasteiger partial charge in [-0.3, -0.25) is 4.79 Å². The van der Waals surface area contributed by atoms with Crippen LogP contribution in [0.3, 0.4) is 0 Å². The van der Waals surface area contributed by atoms with Crippen molar-refractivity contribution in [3.05, 3.63) is 65.2 Å². The third-order valence-electron chi connectivity index (χ3n) is 4.40. The van der Waals surface area contributed by atoms with Gasteiger partial charge in [0.25, 0.3) is 5.91 Å². The summed E-state index contributed by atoms with van der Waals surface area (Å²) in [5.41, 5.74) is 4.61. The number of nitrogens with one attached hydrogen (secondary N) is 2. The molecular formula is C20H26ClN3O. The van der Waals surface area contributed by atoms with Gasteiger partial charge in [-0.15, -0.1) is 12.4 Å². The molecule has 0 aromatic heterocycles. The summed E-state index contributed by atoms with van der Waals surface area (Å²) in [6, 6.07) is 16.6. The number of nitrogens with zero attached hydrogens (tertiary/aromatic N) is 1. The lowest BCUT2D eigenvalue weighted by Gasteiger charge is -2.31. The van der Waals surface area contributed by atoms with E-state index in [2.05, 4.69) is 51.9 Å². The number of benzene rings is 2. The number of halogens is 1. The van der Waals surface area contributed by atoms with Gasteiger partial charge in [0.2, 0.25) is 0 Å². The molecule has 2 aromatic rings. The topological polar surface area (TPSA) is 44.4 Å². The molecule has 5 heteroatoms. The van der Waals surface area contributed by atoms with Crippen LogP contribution in [0.2, 0.25) is 0 Å². The predicted octanol–water partition coefficient (Wildman–Crippen LogP) is 2.86. The summed E-state index contributed by atoms with van der Waals surface area (Å²) in [7, 11) is 0. The zero-order valence-corrected chi connectivity index (χ0v) is 15.4. The third-order valence-corrected chi connectivity index (χ3v) is 4.40. The lowest BCUT2D eigenvalue weighted by molar-refractivity contribution is 0.0956. The largest absolute Gasteiger partial charge is 0.369 e. The van der Waals surface area contributed by atoms with Crippen LogP contribution in [0.5, 0.6) is 0 Å². The summed E-state index contributed by atoms with van der Waals surface area (Å²) >= 11 is 0. The van der Waals surface area contributed by atoms with Gasteiger partial charge in [-0.1, -0.05) is 30.3 Å². The molecule has 1 aliphatic rings. The summed E-state index contributed by atoms with van der Waals surface area (Å²) in [6.07, 6.45) is 0.885. The minimum atomic E-state index is -0.00901. The number of para-hydroxylation sites is 1. The molecule has 1 aliphatic heterocycles. The molecule has 3 rings (SSSR count). The van der Waals surface area contributed by atoms with Gasteiger partial charge < -0.3 is 15.5 Å². The van der Waals surface area contributed by atoms with E-state index in [1.54, 1.807) is 0 Å². The van der Waals surface area contributed by atoms with Gasteiger partial charge in [-0.25, -0.2) is 0 Å². The molecule has 1 saturated heterocycles. The van der Waals surface area contributed by atoms with Gasteiger partial charge in [0, 0.05) is 44.0 Å². The monoisotopic (exact) mass is 359 g/mol. The molecule has 0 spiro atoms. The number of piperazine rings is 1. The Hall–Kier alpha value is -2.04. The van der Waals surface area contributed by atoms with E-state index in [1.807, 2.05) is 19.1 Å². The van der Waals surface area contributed by atoms with Crippen LogP contribution in [0.25, 0.3) is 0 Å². The minimum Gasteiger partial charge on any atom is -0.369 e. The Balaban J connectivity index is 0.00000225. The Kier molecular flexibility index (Phi) is 7.29. The summed E-state index contributed by atoms with van der Waals surface area (Å²) < 4.78 is 0. The van der Waals surface area contributed by atoms with E-state index in [1.165, 1.54) is 16.8 Å². The van der Waals surface area contributed by atoms with Crippen molar-refractivity contribution in [2.45, 2.75) is 13.3 Å². The fraction of sp³-hybridized carbons (Fsp3) is 0.350. The van der Waals surface area contributed by atoms with Gasteiger partial charge in [0.15, 0.2) is 0 Å². The first-order valence-electron chi connectivity index (χ1n) is 8.68. The predicted molar refractivity (Wildman–Crippen MR) is 106 cm³/mol. The molecule has 25 heavy (non-hydrogen) atoms. The van der Waals surface area contributed by atoms with Crippen molar-refractivity contribution in [1.29, 1.82) is 0 Å². The van der Waals surface area contributed by atoms with Crippen molar-refractivity contribution in [3.8, 4) is 0 Å². The van der Waals surface area contributed by atoms with Crippen molar-refractivity contribution in [1.82, 2.24) is 10.6 Å². The Morgan fingerprint density at radius 2 is 1.76 bits per heavy atom. The number of hydrogen-bond acceptors (Lipinski definition) is 3. The Morgan fingerprint density at radius 3 is 2.44 bits per heavy atom. The molecule has 2 N–H and O–H groups in total. The highest BCUT2D eigenvalue weighted by Crippen LogP contribution is 2.23. The van der Waals surface area contributed by atoms with Crippen LogP contribution >= 0.6 is 12.4 Å².